The summed E-state index contributed by atoms with van der Waals surface area (Å²) in [6, 6.07) is 6.19. The minimum Gasteiger partial charge on any atom is -0.342 e. The number of nitro groups is 1. The first kappa shape index (κ1) is 18.5. The summed E-state index contributed by atoms with van der Waals surface area (Å²) in [6.07, 6.45) is 3.94. The molecule has 0 saturated carbocycles. The Morgan fingerprint density at radius 2 is 1.96 bits per heavy atom. The van der Waals surface area contributed by atoms with E-state index in [2.05, 4.69) is 15.0 Å². The number of rotatable bonds is 5. The van der Waals surface area contributed by atoms with E-state index in [1.807, 2.05) is 4.90 Å². The molecule has 2 aromatic rings. The zero-order chi connectivity index (χ0) is 19.5. The van der Waals surface area contributed by atoms with Crippen LogP contribution in [0.25, 0.3) is 11.4 Å². The van der Waals surface area contributed by atoms with E-state index < -0.39 is 4.92 Å². The van der Waals surface area contributed by atoms with Crippen molar-refractivity contribution in [2.24, 2.45) is 5.92 Å². The van der Waals surface area contributed by atoms with Crippen molar-refractivity contribution in [2.75, 3.05) is 26.2 Å². The lowest BCUT2D eigenvalue weighted by Gasteiger charge is -2.32. The van der Waals surface area contributed by atoms with Gasteiger partial charge in [-0.1, -0.05) is 17.3 Å². The van der Waals surface area contributed by atoms with Gasteiger partial charge in [-0.15, -0.1) is 0 Å². The van der Waals surface area contributed by atoms with Crippen LogP contribution in [0.15, 0.2) is 28.8 Å². The maximum Gasteiger partial charge on any atom is 0.270 e. The Hall–Kier alpha value is -2.81. The van der Waals surface area contributed by atoms with Crippen LogP contribution in [-0.2, 0) is 11.3 Å². The lowest BCUT2D eigenvalue weighted by Crippen LogP contribution is -2.41. The first-order valence-electron chi connectivity index (χ1n) is 9.69. The molecule has 0 spiro atoms. The van der Waals surface area contributed by atoms with Crippen LogP contribution in [0.1, 0.15) is 31.6 Å². The highest BCUT2D eigenvalue weighted by molar-refractivity contribution is 5.79. The maximum atomic E-state index is 12.5. The van der Waals surface area contributed by atoms with Gasteiger partial charge in [-0.25, -0.2) is 0 Å². The zero-order valence-corrected chi connectivity index (χ0v) is 15.6. The molecule has 0 N–H and O–H groups in total. The fourth-order valence-corrected chi connectivity index (χ4v) is 3.92. The highest BCUT2D eigenvalue weighted by Gasteiger charge is 2.30. The molecule has 0 bridgehead atoms. The molecule has 1 aromatic heterocycles. The van der Waals surface area contributed by atoms with Gasteiger partial charge in [-0.05, 0) is 38.8 Å². The number of amides is 1. The molecule has 2 saturated heterocycles. The van der Waals surface area contributed by atoms with Crippen LogP contribution in [0.2, 0.25) is 0 Å². The number of carbonyl (C=O) groups excluding carboxylic acids is 1. The van der Waals surface area contributed by atoms with Crippen molar-refractivity contribution in [1.82, 2.24) is 19.9 Å². The van der Waals surface area contributed by atoms with E-state index in [1.54, 1.807) is 12.1 Å². The van der Waals surface area contributed by atoms with Crippen molar-refractivity contribution in [3.8, 4) is 11.4 Å². The van der Waals surface area contributed by atoms with Crippen LogP contribution >= 0.6 is 0 Å². The van der Waals surface area contributed by atoms with Gasteiger partial charge in [0.25, 0.3) is 5.69 Å². The largest absolute Gasteiger partial charge is 0.342 e. The fourth-order valence-electron chi connectivity index (χ4n) is 3.92. The number of carbonyl (C=O) groups is 1. The van der Waals surface area contributed by atoms with E-state index in [-0.39, 0.29) is 11.6 Å². The maximum absolute atomic E-state index is 12.5. The molecular weight excluding hydrogens is 362 g/mol. The Labute approximate surface area is 162 Å². The van der Waals surface area contributed by atoms with Crippen LogP contribution in [-0.4, -0.2) is 56.9 Å². The molecule has 2 aliphatic rings. The summed E-state index contributed by atoms with van der Waals surface area (Å²) in [5.74, 6) is 1.25. The molecule has 28 heavy (non-hydrogen) atoms. The Morgan fingerprint density at radius 3 is 2.68 bits per heavy atom. The molecule has 9 nitrogen and oxygen atoms in total. The topological polar surface area (TPSA) is 106 Å². The van der Waals surface area contributed by atoms with Crippen molar-refractivity contribution in [1.29, 1.82) is 0 Å². The first-order valence-corrected chi connectivity index (χ1v) is 9.69. The van der Waals surface area contributed by atoms with Gasteiger partial charge in [0, 0.05) is 36.7 Å². The highest BCUT2D eigenvalue weighted by Crippen LogP contribution is 2.24. The normalized spacial score (nSPS) is 18.5. The number of likely N-dealkylation sites (tertiary alicyclic amines) is 2. The molecule has 2 fully saturated rings. The molecular formula is C19H23N5O4. The smallest absolute Gasteiger partial charge is 0.270 e. The van der Waals surface area contributed by atoms with Gasteiger partial charge in [0.05, 0.1) is 11.5 Å². The van der Waals surface area contributed by atoms with Crippen LogP contribution in [0.4, 0.5) is 5.69 Å². The van der Waals surface area contributed by atoms with Crippen molar-refractivity contribution >= 4 is 11.6 Å². The van der Waals surface area contributed by atoms with E-state index in [4.69, 9.17) is 4.52 Å². The van der Waals surface area contributed by atoms with Gasteiger partial charge in [0.2, 0.25) is 17.6 Å². The Morgan fingerprint density at radius 1 is 1.21 bits per heavy atom. The summed E-state index contributed by atoms with van der Waals surface area (Å²) in [4.78, 5) is 31.6. The second-order valence-corrected chi connectivity index (χ2v) is 7.40. The van der Waals surface area contributed by atoms with Crippen LogP contribution in [0, 0.1) is 16.0 Å². The van der Waals surface area contributed by atoms with Crippen LogP contribution in [0.5, 0.6) is 0 Å². The standard InChI is InChI=1S/C19H23N5O4/c25-19(23-8-1-2-9-23)14-6-10-22(11-7-14)13-17-20-18(21-28-17)15-4-3-5-16(12-15)24(26)27/h3-5,12,14H,1-2,6-11,13H2. The molecule has 0 radical (unpaired) electrons. The van der Waals surface area contributed by atoms with Crippen LogP contribution < -0.4 is 0 Å². The minimum absolute atomic E-state index is 0.00593. The summed E-state index contributed by atoms with van der Waals surface area (Å²) >= 11 is 0. The third kappa shape index (κ3) is 4.04. The molecule has 2 aliphatic heterocycles. The predicted octanol–water partition coefficient (Wildman–Crippen LogP) is 2.48. The minimum atomic E-state index is -0.446. The fraction of sp³-hybridized carbons (Fsp3) is 0.526. The lowest BCUT2D eigenvalue weighted by atomic mass is 9.95. The van der Waals surface area contributed by atoms with E-state index in [0.29, 0.717) is 29.7 Å². The molecule has 0 aliphatic carbocycles. The summed E-state index contributed by atoms with van der Waals surface area (Å²) < 4.78 is 5.33. The van der Waals surface area contributed by atoms with E-state index in [0.717, 1.165) is 51.9 Å². The number of hydrogen-bond acceptors (Lipinski definition) is 7. The molecule has 148 valence electrons. The zero-order valence-electron chi connectivity index (χ0n) is 15.6. The third-order valence-corrected chi connectivity index (χ3v) is 5.50. The van der Waals surface area contributed by atoms with Gasteiger partial charge in [0.15, 0.2) is 0 Å². The molecule has 3 heterocycles. The van der Waals surface area contributed by atoms with Gasteiger partial charge in [-0.3, -0.25) is 19.8 Å². The average molecular weight is 385 g/mol. The Balaban J connectivity index is 1.33. The highest BCUT2D eigenvalue weighted by atomic mass is 16.6. The first-order chi connectivity index (χ1) is 13.6. The van der Waals surface area contributed by atoms with Gasteiger partial charge in [0.1, 0.15) is 0 Å². The second-order valence-electron chi connectivity index (χ2n) is 7.40. The number of non-ortho nitro benzene ring substituents is 1. The monoisotopic (exact) mass is 385 g/mol. The molecule has 1 amide bonds. The van der Waals surface area contributed by atoms with Crippen molar-refractivity contribution < 1.29 is 14.2 Å². The summed E-state index contributed by atoms with van der Waals surface area (Å²) in [5.41, 5.74) is 0.549. The Bertz CT molecular complexity index is 854. The predicted molar refractivity (Wildman–Crippen MR) is 100 cm³/mol. The van der Waals surface area contributed by atoms with Crippen LogP contribution in [0.3, 0.4) is 0 Å². The second kappa shape index (κ2) is 8.05. The SMILES string of the molecule is O=C(C1CCN(Cc2nc(-c3cccc([N+](=O)[O-])c3)no2)CC1)N1CCCC1. The van der Waals surface area contributed by atoms with Gasteiger partial charge < -0.3 is 9.42 Å². The number of piperidine rings is 1. The number of benzene rings is 1. The molecule has 4 rings (SSSR count). The third-order valence-electron chi connectivity index (χ3n) is 5.50. The summed E-state index contributed by atoms with van der Waals surface area (Å²) in [6.45, 7) is 3.97. The van der Waals surface area contributed by atoms with Gasteiger partial charge >= 0.3 is 0 Å². The summed E-state index contributed by atoms with van der Waals surface area (Å²) in [5, 5.41) is 14.9. The van der Waals surface area contributed by atoms with Crippen molar-refractivity contribution in [2.45, 2.75) is 32.2 Å². The van der Waals surface area contributed by atoms with Gasteiger partial charge in [-0.2, -0.15) is 4.98 Å². The number of nitrogens with zero attached hydrogens (tertiary/aromatic N) is 5. The average Bonchev–Trinajstić information content (AvgIpc) is 3.40. The molecule has 9 heteroatoms. The summed E-state index contributed by atoms with van der Waals surface area (Å²) in [7, 11) is 0. The quantitative estimate of drug-likeness (QED) is 0.575. The Kier molecular flexibility index (Phi) is 5.34. The van der Waals surface area contributed by atoms with E-state index in [9.17, 15) is 14.9 Å². The van der Waals surface area contributed by atoms with E-state index in [1.165, 1.54) is 12.1 Å². The molecule has 0 unspecified atom stereocenters. The molecule has 1 aromatic carbocycles. The number of nitro benzene ring substituents is 1. The molecule has 0 atom stereocenters. The lowest BCUT2D eigenvalue weighted by molar-refractivity contribution is -0.384. The number of aromatic nitrogens is 2. The van der Waals surface area contributed by atoms with E-state index >= 15 is 0 Å². The van der Waals surface area contributed by atoms with Crippen molar-refractivity contribution in [3.63, 3.8) is 0 Å². The van der Waals surface area contributed by atoms with Crippen molar-refractivity contribution in [3.05, 3.63) is 40.3 Å². The number of hydrogen-bond donors (Lipinski definition) is 0.